The largest absolute Gasteiger partial charge is 0.466 e. The number of rotatable bonds is 56. The molecule has 1 rings (SSSR count). The molecule has 0 saturated carbocycles. The van der Waals surface area contributed by atoms with Gasteiger partial charge in [-0.2, -0.15) is 0 Å². The number of amides is 1. The van der Waals surface area contributed by atoms with Crippen molar-refractivity contribution in [2.45, 2.75) is 333 Å². The molecule has 11 heteroatoms. The van der Waals surface area contributed by atoms with Gasteiger partial charge in [0, 0.05) is 12.8 Å². The van der Waals surface area contributed by atoms with Crippen LogP contribution in [-0.4, -0.2) is 100 Å². The molecular formula is C67H121NO10. The number of ether oxygens (including phenoxy) is 3. The number of hydrogen-bond donors (Lipinski definition) is 6. The van der Waals surface area contributed by atoms with Crippen LogP contribution in [-0.2, 0) is 23.8 Å². The summed E-state index contributed by atoms with van der Waals surface area (Å²) in [7, 11) is 0. The van der Waals surface area contributed by atoms with Crippen LogP contribution in [0.2, 0.25) is 0 Å². The molecular weight excluding hydrogens is 979 g/mol. The maximum absolute atomic E-state index is 13.0. The highest BCUT2D eigenvalue weighted by atomic mass is 16.7. The van der Waals surface area contributed by atoms with E-state index in [4.69, 9.17) is 14.2 Å². The number of carbonyl (C=O) groups excluding carboxylic acids is 2. The fourth-order valence-electron chi connectivity index (χ4n) is 9.89. The number of aliphatic hydroxyl groups is 5. The van der Waals surface area contributed by atoms with Crippen molar-refractivity contribution in [3.8, 4) is 0 Å². The predicted octanol–water partition coefficient (Wildman–Crippen LogP) is 15.8. The molecule has 0 aliphatic carbocycles. The Morgan fingerprint density at radius 2 is 0.872 bits per heavy atom. The number of unbranched alkanes of at least 4 members (excludes halogenated alkanes) is 34. The molecule has 1 aliphatic heterocycles. The van der Waals surface area contributed by atoms with Crippen molar-refractivity contribution in [2.75, 3.05) is 19.8 Å². The van der Waals surface area contributed by atoms with E-state index in [2.05, 4.69) is 67.8 Å². The average Bonchev–Trinajstić information content (AvgIpc) is 3.45. The quantitative estimate of drug-likeness (QED) is 0.0195. The van der Waals surface area contributed by atoms with E-state index in [1.807, 2.05) is 6.08 Å². The van der Waals surface area contributed by atoms with Gasteiger partial charge in [-0.25, -0.2) is 0 Å². The molecule has 1 heterocycles. The van der Waals surface area contributed by atoms with E-state index >= 15 is 0 Å². The first-order valence-corrected chi connectivity index (χ1v) is 32.6. The Labute approximate surface area is 478 Å². The molecule has 1 fully saturated rings. The molecule has 0 aromatic heterocycles. The highest BCUT2D eigenvalue weighted by Gasteiger charge is 2.44. The lowest BCUT2D eigenvalue weighted by molar-refractivity contribution is -0.302. The van der Waals surface area contributed by atoms with Crippen molar-refractivity contribution in [1.29, 1.82) is 0 Å². The van der Waals surface area contributed by atoms with E-state index in [0.717, 1.165) is 77.0 Å². The Kier molecular flexibility index (Phi) is 52.9. The maximum atomic E-state index is 13.0. The molecule has 78 heavy (non-hydrogen) atoms. The topological polar surface area (TPSA) is 175 Å². The van der Waals surface area contributed by atoms with Crippen molar-refractivity contribution in [1.82, 2.24) is 5.32 Å². The van der Waals surface area contributed by atoms with Crippen LogP contribution in [0.1, 0.15) is 290 Å². The number of esters is 1. The van der Waals surface area contributed by atoms with Crippen molar-refractivity contribution in [3.05, 3.63) is 60.8 Å². The van der Waals surface area contributed by atoms with E-state index in [0.29, 0.717) is 19.4 Å². The van der Waals surface area contributed by atoms with Gasteiger partial charge >= 0.3 is 5.97 Å². The summed E-state index contributed by atoms with van der Waals surface area (Å²) in [5.41, 5.74) is 0. The molecule has 7 atom stereocenters. The Hall–Kier alpha value is -2.64. The lowest BCUT2D eigenvalue weighted by atomic mass is 9.99. The lowest BCUT2D eigenvalue weighted by Gasteiger charge is -2.40. The Balaban J connectivity index is 2.02. The van der Waals surface area contributed by atoms with Gasteiger partial charge < -0.3 is 45.1 Å². The van der Waals surface area contributed by atoms with Gasteiger partial charge in [0.1, 0.15) is 24.4 Å². The van der Waals surface area contributed by atoms with Gasteiger partial charge in [-0.1, -0.05) is 235 Å². The minimum atomic E-state index is -1.58. The minimum Gasteiger partial charge on any atom is -0.466 e. The molecule has 0 aromatic rings. The smallest absolute Gasteiger partial charge is 0.305 e. The molecule has 454 valence electrons. The van der Waals surface area contributed by atoms with Gasteiger partial charge in [0.15, 0.2) is 6.29 Å². The first-order valence-electron chi connectivity index (χ1n) is 32.6. The second kappa shape index (κ2) is 56.2. The summed E-state index contributed by atoms with van der Waals surface area (Å²) in [5.74, 6) is -0.207. The van der Waals surface area contributed by atoms with Crippen LogP contribution in [0, 0.1) is 0 Å². The van der Waals surface area contributed by atoms with Gasteiger partial charge in [0.2, 0.25) is 5.91 Å². The fourth-order valence-corrected chi connectivity index (χ4v) is 9.89. The molecule has 0 radical (unpaired) electrons. The second-order valence-corrected chi connectivity index (χ2v) is 22.4. The number of hydrogen-bond acceptors (Lipinski definition) is 10. The van der Waals surface area contributed by atoms with E-state index in [9.17, 15) is 35.1 Å². The summed E-state index contributed by atoms with van der Waals surface area (Å²) in [5, 5.41) is 54.3. The van der Waals surface area contributed by atoms with E-state index in [1.54, 1.807) is 6.08 Å². The van der Waals surface area contributed by atoms with Crippen molar-refractivity contribution >= 4 is 11.9 Å². The summed E-state index contributed by atoms with van der Waals surface area (Å²) in [4.78, 5) is 25.0. The number of carbonyl (C=O) groups is 2. The number of allylic oxidation sites excluding steroid dienone is 9. The van der Waals surface area contributed by atoms with Gasteiger partial charge in [-0.15, -0.1) is 0 Å². The minimum absolute atomic E-state index is 0.00997. The molecule has 6 N–H and O–H groups in total. The van der Waals surface area contributed by atoms with Gasteiger partial charge in [0.25, 0.3) is 0 Å². The first kappa shape index (κ1) is 73.4. The molecule has 0 spiro atoms. The normalized spacial score (nSPS) is 18.9. The van der Waals surface area contributed by atoms with Crippen molar-refractivity contribution < 1.29 is 49.3 Å². The Morgan fingerprint density at radius 1 is 0.474 bits per heavy atom. The van der Waals surface area contributed by atoms with Crippen molar-refractivity contribution in [3.63, 3.8) is 0 Å². The fraction of sp³-hybridized carbons (Fsp3) is 0.821. The standard InChI is InChI=1S/C67H121NO10/c1-3-5-7-9-11-13-15-35-39-43-47-51-55-63(72)76-56-52-48-44-40-36-32-30-28-26-24-22-20-18-16-17-19-21-23-25-27-29-31-34-38-42-46-50-54-62(71)68-59(58-77-67-66(75)65(74)64(73)61(57-69)78-67)60(70)53-49-45-41-37-33-14-12-10-8-6-4-2/h11,13,16-17,20,22,33,37,49,53,59-61,64-67,69-70,73-75H,3-10,12,14-15,18-19,21,23-32,34-36,38-48,50-52,54-58H2,1-2H3,(H,68,71)/b13-11-,17-16-,22-20-,37-33+,53-49+. The van der Waals surface area contributed by atoms with Crippen LogP contribution < -0.4 is 5.32 Å². The third-order valence-electron chi connectivity index (χ3n) is 15.1. The monoisotopic (exact) mass is 1100 g/mol. The van der Waals surface area contributed by atoms with E-state index < -0.39 is 49.5 Å². The molecule has 0 bridgehead atoms. The van der Waals surface area contributed by atoms with E-state index in [1.165, 1.54) is 186 Å². The highest BCUT2D eigenvalue weighted by molar-refractivity contribution is 5.76. The number of aliphatic hydroxyl groups excluding tert-OH is 5. The third kappa shape index (κ3) is 45.0. The SMILES string of the molecule is CCCCC/C=C\CCCCCCCC(=O)OCCCCCCCCCCC/C=C\C/C=C\CCCCCCCCCCCCCC(=O)NC(COC1OC(CO)C(O)C(O)C1O)C(O)/C=C/CC/C=C/CCCCCCC. The summed E-state index contributed by atoms with van der Waals surface area (Å²) < 4.78 is 16.7. The van der Waals surface area contributed by atoms with Crippen LogP contribution in [0.4, 0.5) is 0 Å². The molecule has 1 saturated heterocycles. The van der Waals surface area contributed by atoms with Crippen LogP contribution in [0.3, 0.4) is 0 Å². The average molecular weight is 1100 g/mol. The zero-order valence-corrected chi connectivity index (χ0v) is 50.1. The molecule has 11 nitrogen and oxygen atoms in total. The summed E-state index contributed by atoms with van der Waals surface area (Å²) in [6.45, 7) is 4.28. The maximum Gasteiger partial charge on any atom is 0.305 e. The third-order valence-corrected chi connectivity index (χ3v) is 15.1. The molecule has 7 unspecified atom stereocenters. The summed E-state index contributed by atoms with van der Waals surface area (Å²) in [6, 6.07) is -0.830. The van der Waals surface area contributed by atoms with E-state index in [-0.39, 0.29) is 18.5 Å². The molecule has 1 amide bonds. The number of nitrogens with one attached hydrogen (secondary N) is 1. The second-order valence-electron chi connectivity index (χ2n) is 22.4. The van der Waals surface area contributed by atoms with Crippen LogP contribution in [0.15, 0.2) is 60.8 Å². The van der Waals surface area contributed by atoms with Crippen LogP contribution in [0.25, 0.3) is 0 Å². The Morgan fingerprint density at radius 3 is 1.37 bits per heavy atom. The zero-order chi connectivity index (χ0) is 56.6. The summed E-state index contributed by atoms with van der Waals surface area (Å²) >= 11 is 0. The predicted molar refractivity (Wildman–Crippen MR) is 324 cm³/mol. The van der Waals surface area contributed by atoms with Crippen LogP contribution >= 0.6 is 0 Å². The molecule has 0 aromatic carbocycles. The van der Waals surface area contributed by atoms with Crippen molar-refractivity contribution in [2.24, 2.45) is 0 Å². The van der Waals surface area contributed by atoms with Gasteiger partial charge in [-0.05, 0) is 103 Å². The zero-order valence-electron chi connectivity index (χ0n) is 50.1. The molecule has 1 aliphatic rings. The van der Waals surface area contributed by atoms with Gasteiger partial charge in [-0.3, -0.25) is 9.59 Å². The lowest BCUT2D eigenvalue weighted by Crippen LogP contribution is -2.60. The summed E-state index contributed by atoms with van der Waals surface area (Å²) in [6.07, 6.45) is 63.4. The van der Waals surface area contributed by atoms with Crippen LogP contribution in [0.5, 0.6) is 0 Å². The highest BCUT2D eigenvalue weighted by Crippen LogP contribution is 2.23. The first-order chi connectivity index (χ1) is 38.2. The Bertz CT molecular complexity index is 1480. The van der Waals surface area contributed by atoms with Gasteiger partial charge in [0.05, 0.1) is 32.0 Å².